The highest BCUT2D eigenvalue weighted by Gasteiger charge is 2.28. The van der Waals surface area contributed by atoms with E-state index in [9.17, 15) is 14.4 Å². The van der Waals surface area contributed by atoms with Crippen LogP contribution in [0.25, 0.3) is 31.8 Å². The highest BCUT2D eigenvalue weighted by atomic mass is 16.6. The third-order valence-corrected chi connectivity index (χ3v) is 9.60. The number of hydrogen-bond acceptors (Lipinski definition) is 7. The van der Waals surface area contributed by atoms with Gasteiger partial charge in [-0.15, -0.1) is 0 Å². The molecule has 2 aromatic carbocycles. The molecule has 14 nitrogen and oxygen atoms in total. The zero-order valence-corrected chi connectivity index (χ0v) is 31.7. The van der Waals surface area contributed by atoms with Gasteiger partial charge in [-0.2, -0.15) is 0 Å². The molecule has 2 atom stereocenters. The van der Waals surface area contributed by atoms with Crippen molar-refractivity contribution in [1.82, 2.24) is 29.3 Å². The number of anilines is 2. The quantitative estimate of drug-likeness (QED) is 0.137. The number of rotatable bonds is 10. The summed E-state index contributed by atoms with van der Waals surface area (Å²) < 4.78 is 9.35. The molecule has 2 unspecified atom stereocenters. The molecule has 55 heavy (non-hydrogen) atoms. The van der Waals surface area contributed by atoms with Crippen molar-refractivity contribution in [3.05, 3.63) is 59.2 Å². The Balaban J connectivity index is 0.000000289. The van der Waals surface area contributed by atoms with Crippen molar-refractivity contribution in [1.29, 1.82) is 0 Å². The summed E-state index contributed by atoms with van der Waals surface area (Å²) in [7, 11) is 3.93. The number of alkyl carbamates (subject to hydrolysis) is 1. The second kappa shape index (κ2) is 18.7. The molecular formula is C41H58N10O4. The van der Waals surface area contributed by atoms with E-state index < -0.39 is 11.7 Å². The summed E-state index contributed by atoms with van der Waals surface area (Å²) in [4.78, 5) is 55.0. The fourth-order valence-corrected chi connectivity index (χ4v) is 6.15. The molecule has 0 saturated heterocycles. The van der Waals surface area contributed by atoms with E-state index in [4.69, 9.17) is 17.9 Å². The number of fused-ring (bicyclic) bond motifs is 2. The molecule has 2 fully saturated rings. The molecule has 3 N–H and O–H groups in total. The fraction of sp³-hybridized carbons (Fsp3) is 0.537. The minimum Gasteiger partial charge on any atom is -0.444 e. The molecular weight excluding hydrogens is 697 g/mol. The number of benzene rings is 2. The molecule has 2 aromatic heterocycles. The topological polar surface area (TPSA) is 144 Å². The third-order valence-electron chi connectivity index (χ3n) is 9.60. The molecule has 2 saturated carbocycles. The molecule has 2 heterocycles. The predicted octanol–water partition coefficient (Wildman–Crippen LogP) is 9.42. The van der Waals surface area contributed by atoms with Gasteiger partial charge in [0, 0.05) is 37.0 Å². The Kier molecular flexibility index (Phi) is 15.0. The van der Waals surface area contributed by atoms with Gasteiger partial charge in [0.25, 0.3) is 0 Å². The van der Waals surface area contributed by atoms with E-state index in [2.05, 4.69) is 40.2 Å². The number of imidazole rings is 2. The molecule has 0 radical (unpaired) electrons. The molecule has 0 spiro atoms. The van der Waals surface area contributed by atoms with Crippen molar-refractivity contribution in [2.75, 3.05) is 24.7 Å². The number of ether oxygens (including phenoxy) is 1. The second-order valence-corrected chi connectivity index (χ2v) is 15.2. The summed E-state index contributed by atoms with van der Waals surface area (Å²) in [6.07, 6.45) is 6.52. The van der Waals surface area contributed by atoms with Crippen LogP contribution in [0.15, 0.2) is 36.4 Å². The zero-order chi connectivity index (χ0) is 38.4. The monoisotopic (exact) mass is 754 g/mol. The SMILES string of the molecule is C.C.[C-]#[N+]c1ccc2nc(NC(=O)CC(C)N(C)C)n(C3CCC3)c2c1.[C-]#[N+]c1ccc2nc(NC(=O)CC(C)NC(=O)OC(C)(C)C)n(C3CCC3)c2c1. The van der Waals surface area contributed by atoms with Crippen LogP contribution in [0, 0.1) is 13.1 Å². The number of nitrogens with one attached hydrogen (secondary N) is 3. The number of nitrogens with zero attached hydrogens (tertiary/aromatic N) is 7. The summed E-state index contributed by atoms with van der Waals surface area (Å²) in [5.74, 6) is 0.821. The first-order chi connectivity index (χ1) is 25.1. The van der Waals surface area contributed by atoms with E-state index in [0.717, 1.165) is 54.2 Å². The highest BCUT2D eigenvalue weighted by Crippen LogP contribution is 2.39. The van der Waals surface area contributed by atoms with Gasteiger partial charge in [-0.3, -0.25) is 20.2 Å². The van der Waals surface area contributed by atoms with Crippen LogP contribution in [-0.4, -0.2) is 73.7 Å². The number of amides is 3. The Morgan fingerprint density at radius 3 is 1.62 bits per heavy atom. The number of carbonyl (C=O) groups is 3. The molecule has 14 heteroatoms. The van der Waals surface area contributed by atoms with Crippen molar-refractivity contribution in [2.24, 2.45) is 0 Å². The largest absolute Gasteiger partial charge is 0.444 e. The van der Waals surface area contributed by atoms with Crippen LogP contribution in [0.3, 0.4) is 0 Å². The van der Waals surface area contributed by atoms with E-state index in [1.54, 1.807) is 45.9 Å². The fourth-order valence-electron chi connectivity index (χ4n) is 6.15. The maximum Gasteiger partial charge on any atom is 0.407 e. The number of hydrogen-bond donors (Lipinski definition) is 3. The van der Waals surface area contributed by atoms with Gasteiger partial charge in [-0.1, -0.05) is 27.0 Å². The lowest BCUT2D eigenvalue weighted by atomic mass is 9.93. The lowest BCUT2D eigenvalue weighted by Gasteiger charge is -2.29. The van der Waals surface area contributed by atoms with Crippen molar-refractivity contribution in [3.8, 4) is 0 Å². The lowest BCUT2D eigenvalue weighted by molar-refractivity contribution is -0.117. The maximum atomic E-state index is 12.6. The predicted molar refractivity (Wildman–Crippen MR) is 220 cm³/mol. The van der Waals surface area contributed by atoms with Crippen LogP contribution in [0.5, 0.6) is 0 Å². The van der Waals surface area contributed by atoms with Gasteiger partial charge in [0.15, 0.2) is 11.4 Å². The van der Waals surface area contributed by atoms with Crippen molar-refractivity contribution >= 4 is 63.2 Å². The Morgan fingerprint density at radius 2 is 1.25 bits per heavy atom. The summed E-state index contributed by atoms with van der Waals surface area (Å²) in [6.45, 7) is 23.6. The molecule has 6 rings (SSSR count). The summed E-state index contributed by atoms with van der Waals surface area (Å²) in [5, 5.41) is 8.54. The highest BCUT2D eigenvalue weighted by molar-refractivity contribution is 5.93. The number of carbonyl (C=O) groups excluding carboxylic acids is 3. The van der Waals surface area contributed by atoms with E-state index in [1.165, 1.54) is 6.42 Å². The summed E-state index contributed by atoms with van der Waals surface area (Å²) >= 11 is 0. The molecule has 3 amide bonds. The average Bonchev–Trinajstić information content (AvgIpc) is 3.54. The van der Waals surface area contributed by atoms with Crippen molar-refractivity contribution < 1.29 is 19.1 Å². The van der Waals surface area contributed by atoms with Gasteiger partial charge in [-0.05, 0) is 112 Å². The first kappa shape index (κ1) is 43.9. The van der Waals surface area contributed by atoms with Gasteiger partial charge in [0.1, 0.15) is 5.60 Å². The molecule has 4 aromatic rings. The van der Waals surface area contributed by atoms with E-state index in [1.807, 2.05) is 48.7 Å². The van der Waals surface area contributed by atoms with Gasteiger partial charge in [0.2, 0.25) is 23.7 Å². The lowest BCUT2D eigenvalue weighted by Crippen LogP contribution is -2.39. The van der Waals surface area contributed by atoms with Crippen LogP contribution in [0.1, 0.15) is 113 Å². The van der Waals surface area contributed by atoms with Crippen LogP contribution in [0.4, 0.5) is 28.1 Å². The molecule has 2 aliphatic rings. The third kappa shape index (κ3) is 11.0. The minimum atomic E-state index is -0.593. The molecule has 0 aliphatic heterocycles. The van der Waals surface area contributed by atoms with Crippen LogP contribution in [0.2, 0.25) is 0 Å². The second-order valence-electron chi connectivity index (χ2n) is 15.2. The zero-order valence-electron chi connectivity index (χ0n) is 31.7. The number of aromatic nitrogens is 4. The summed E-state index contributed by atoms with van der Waals surface area (Å²) in [5.41, 5.74) is 3.92. The van der Waals surface area contributed by atoms with Crippen LogP contribution < -0.4 is 16.0 Å². The standard InChI is InChI=1S/C21H27N5O3.C18H23N5O.2CH4/c1-13(23-20(28)29-21(2,3)4)11-18(27)25-19-24-16-10-9-14(22-5)12-17(16)26(19)15-7-6-8-15;1-12(22(3)4)10-17(24)21-18-20-15-9-8-13(19-2)11-16(15)23(18)14-6-5-7-14;;/h9-10,12-13,15H,6-8,11H2,1-4H3,(H,23,28)(H,24,25,27);8-9,11-12,14H,5-7,10H2,1,3-4H3,(H,20,21,24);2*1H4. The normalized spacial score (nSPS) is 15.0. The average molecular weight is 755 g/mol. The van der Waals surface area contributed by atoms with Crippen LogP contribution >= 0.6 is 0 Å². The van der Waals surface area contributed by atoms with Gasteiger partial charge in [0.05, 0.1) is 35.2 Å². The van der Waals surface area contributed by atoms with E-state index in [-0.39, 0.29) is 51.2 Å². The Morgan fingerprint density at radius 1 is 0.818 bits per heavy atom. The Hall–Kier alpha value is -5.47. The van der Waals surface area contributed by atoms with Gasteiger partial charge in [-0.25, -0.2) is 24.5 Å². The van der Waals surface area contributed by atoms with Crippen LogP contribution in [-0.2, 0) is 14.3 Å². The Labute approximate surface area is 325 Å². The van der Waals surface area contributed by atoms with Crippen molar-refractivity contribution in [3.63, 3.8) is 0 Å². The van der Waals surface area contributed by atoms with E-state index in [0.29, 0.717) is 35.7 Å². The van der Waals surface area contributed by atoms with Gasteiger partial charge >= 0.3 is 6.09 Å². The molecule has 0 bridgehead atoms. The maximum absolute atomic E-state index is 12.6. The minimum absolute atomic E-state index is 0. The van der Waals surface area contributed by atoms with E-state index >= 15 is 0 Å². The first-order valence-corrected chi connectivity index (χ1v) is 18.2. The molecule has 296 valence electrons. The molecule has 2 aliphatic carbocycles. The van der Waals surface area contributed by atoms with Crippen molar-refractivity contribution in [2.45, 2.75) is 131 Å². The smallest absolute Gasteiger partial charge is 0.407 e. The Bertz CT molecular complexity index is 2050. The first-order valence-electron chi connectivity index (χ1n) is 18.2. The van der Waals surface area contributed by atoms with Gasteiger partial charge < -0.3 is 24.1 Å². The summed E-state index contributed by atoms with van der Waals surface area (Å²) in [6, 6.07) is 11.3.